The summed E-state index contributed by atoms with van der Waals surface area (Å²) < 4.78 is 0. The van der Waals surface area contributed by atoms with Gasteiger partial charge in [0.25, 0.3) is 0 Å². The van der Waals surface area contributed by atoms with E-state index in [1.807, 2.05) is 36.4 Å². The fraction of sp³-hybridized carbons (Fsp3) is 0.263. The van der Waals surface area contributed by atoms with Crippen molar-refractivity contribution in [3.63, 3.8) is 0 Å². The Kier molecular flexibility index (Phi) is 4.01. The number of anilines is 2. The highest BCUT2D eigenvalue weighted by Crippen LogP contribution is 2.30. The number of hydrogen-bond donors (Lipinski definition) is 2. The average Bonchev–Trinajstić information content (AvgIpc) is 3.11. The molecule has 3 aromatic rings. The number of nitrogens with zero attached hydrogens (tertiary/aromatic N) is 3. The number of phenols is 1. The molecule has 4 rings (SSSR count). The molecule has 2 aromatic carbocycles. The molecule has 24 heavy (non-hydrogen) atoms. The number of aromatic hydroxyl groups is 1. The van der Waals surface area contributed by atoms with Crippen LogP contribution in [-0.4, -0.2) is 33.1 Å². The van der Waals surface area contributed by atoms with Gasteiger partial charge in [-0.05, 0) is 55.8 Å². The lowest BCUT2D eigenvalue weighted by atomic mass is 10.1. The lowest BCUT2D eigenvalue weighted by Gasteiger charge is -2.16. The molecular weight excluding hydrogens is 300 g/mol. The predicted molar refractivity (Wildman–Crippen MR) is 95.4 cm³/mol. The van der Waals surface area contributed by atoms with Gasteiger partial charge in [0.15, 0.2) is 0 Å². The molecule has 1 aromatic heterocycles. The maximum atomic E-state index is 10.2. The number of para-hydroxylation sites is 1. The molecule has 1 aliphatic rings. The summed E-state index contributed by atoms with van der Waals surface area (Å²) in [6.07, 6.45) is 4.09. The highest BCUT2D eigenvalue weighted by molar-refractivity contribution is 5.90. The fourth-order valence-electron chi connectivity index (χ4n) is 3.21. The van der Waals surface area contributed by atoms with Crippen LogP contribution in [0.15, 0.2) is 48.8 Å². The summed E-state index contributed by atoms with van der Waals surface area (Å²) in [6.45, 7) is 3.22. The van der Waals surface area contributed by atoms with Gasteiger partial charge in [-0.2, -0.15) is 0 Å². The zero-order valence-corrected chi connectivity index (χ0v) is 13.4. The van der Waals surface area contributed by atoms with E-state index < -0.39 is 0 Å². The standard InChI is InChI=1S/C19H20N4O/c24-18-8-7-14(12-23-9-3-4-10-23)11-17(18)22-19-15-5-1-2-6-16(15)20-13-21-19/h1-2,5-8,11,13,24H,3-4,9-10,12H2,(H,20,21,22). The van der Waals surface area contributed by atoms with Crippen molar-refractivity contribution >= 4 is 22.4 Å². The van der Waals surface area contributed by atoms with Crippen LogP contribution in [0, 0.1) is 0 Å². The summed E-state index contributed by atoms with van der Waals surface area (Å²) in [5.74, 6) is 0.928. The number of benzene rings is 2. The fourth-order valence-corrected chi connectivity index (χ4v) is 3.21. The quantitative estimate of drug-likeness (QED) is 0.718. The first-order valence-electron chi connectivity index (χ1n) is 8.30. The van der Waals surface area contributed by atoms with Crippen LogP contribution in [-0.2, 0) is 6.54 Å². The summed E-state index contributed by atoms with van der Waals surface area (Å²) in [5.41, 5.74) is 2.74. The van der Waals surface area contributed by atoms with Gasteiger partial charge in [-0.1, -0.05) is 18.2 Å². The van der Waals surface area contributed by atoms with Gasteiger partial charge in [0.1, 0.15) is 17.9 Å². The Morgan fingerprint density at radius 2 is 1.88 bits per heavy atom. The van der Waals surface area contributed by atoms with Crippen LogP contribution in [0.3, 0.4) is 0 Å². The van der Waals surface area contributed by atoms with E-state index in [0.29, 0.717) is 11.5 Å². The Hall–Kier alpha value is -2.66. The van der Waals surface area contributed by atoms with Crippen LogP contribution in [0.1, 0.15) is 18.4 Å². The highest BCUT2D eigenvalue weighted by Gasteiger charge is 2.13. The summed E-state index contributed by atoms with van der Waals surface area (Å²) >= 11 is 0. The maximum absolute atomic E-state index is 10.2. The van der Waals surface area contributed by atoms with E-state index in [4.69, 9.17) is 0 Å². The molecular formula is C19H20N4O. The summed E-state index contributed by atoms with van der Waals surface area (Å²) in [7, 11) is 0. The van der Waals surface area contributed by atoms with Gasteiger partial charge in [-0.25, -0.2) is 9.97 Å². The Morgan fingerprint density at radius 3 is 2.75 bits per heavy atom. The maximum Gasteiger partial charge on any atom is 0.141 e. The number of fused-ring (bicyclic) bond motifs is 1. The molecule has 2 heterocycles. The van der Waals surface area contributed by atoms with Gasteiger partial charge in [-0.15, -0.1) is 0 Å². The molecule has 0 unspecified atom stereocenters. The average molecular weight is 320 g/mol. The van der Waals surface area contributed by atoms with Crippen LogP contribution in [0.2, 0.25) is 0 Å². The smallest absolute Gasteiger partial charge is 0.141 e. The summed E-state index contributed by atoms with van der Waals surface area (Å²) in [5, 5.41) is 14.4. The normalized spacial score (nSPS) is 15.0. The van der Waals surface area contributed by atoms with E-state index in [1.165, 1.54) is 24.7 Å². The van der Waals surface area contributed by atoms with Crippen molar-refractivity contribution < 1.29 is 5.11 Å². The molecule has 0 spiro atoms. The second-order valence-electron chi connectivity index (χ2n) is 6.20. The van der Waals surface area contributed by atoms with Crippen molar-refractivity contribution in [3.8, 4) is 5.75 Å². The molecule has 1 saturated heterocycles. The molecule has 122 valence electrons. The first-order valence-corrected chi connectivity index (χ1v) is 8.30. The summed E-state index contributed by atoms with van der Waals surface area (Å²) in [6, 6.07) is 13.6. The van der Waals surface area contributed by atoms with E-state index in [1.54, 1.807) is 6.07 Å². The van der Waals surface area contributed by atoms with Crippen LogP contribution < -0.4 is 5.32 Å². The van der Waals surface area contributed by atoms with Gasteiger partial charge < -0.3 is 10.4 Å². The van der Waals surface area contributed by atoms with Crippen molar-refractivity contribution in [2.24, 2.45) is 0 Å². The summed E-state index contributed by atoms with van der Waals surface area (Å²) in [4.78, 5) is 11.0. The third-order valence-corrected chi connectivity index (χ3v) is 4.46. The Morgan fingerprint density at radius 1 is 1.04 bits per heavy atom. The van der Waals surface area contributed by atoms with E-state index in [9.17, 15) is 5.11 Å². The molecule has 0 aliphatic carbocycles. The molecule has 1 aliphatic heterocycles. The van der Waals surface area contributed by atoms with Gasteiger partial charge >= 0.3 is 0 Å². The van der Waals surface area contributed by atoms with Crippen LogP contribution in [0.5, 0.6) is 5.75 Å². The van der Waals surface area contributed by atoms with Crippen molar-refractivity contribution in [2.75, 3.05) is 18.4 Å². The third kappa shape index (κ3) is 3.03. The predicted octanol–water partition coefficient (Wildman–Crippen LogP) is 3.67. The first kappa shape index (κ1) is 14.9. The second-order valence-corrected chi connectivity index (χ2v) is 6.20. The van der Waals surface area contributed by atoms with Crippen LogP contribution in [0.4, 0.5) is 11.5 Å². The number of phenolic OH excluding ortho intramolecular Hbond substituents is 1. The Balaban J connectivity index is 1.63. The number of hydrogen-bond acceptors (Lipinski definition) is 5. The highest BCUT2D eigenvalue weighted by atomic mass is 16.3. The third-order valence-electron chi connectivity index (χ3n) is 4.46. The van der Waals surface area contributed by atoms with Gasteiger partial charge in [0.2, 0.25) is 0 Å². The van der Waals surface area contributed by atoms with Crippen LogP contribution in [0.25, 0.3) is 10.9 Å². The lowest BCUT2D eigenvalue weighted by molar-refractivity contribution is 0.331. The van der Waals surface area contributed by atoms with Gasteiger partial charge in [-0.3, -0.25) is 4.90 Å². The Bertz CT molecular complexity index is 854. The van der Waals surface area contributed by atoms with E-state index in [2.05, 4.69) is 20.2 Å². The lowest BCUT2D eigenvalue weighted by Crippen LogP contribution is -2.18. The SMILES string of the molecule is Oc1ccc(CN2CCCC2)cc1Nc1ncnc2ccccc12. The number of aromatic nitrogens is 2. The zero-order valence-electron chi connectivity index (χ0n) is 13.4. The van der Waals surface area contributed by atoms with Gasteiger partial charge in [0, 0.05) is 11.9 Å². The molecule has 0 radical (unpaired) electrons. The molecule has 0 amide bonds. The van der Waals surface area contributed by atoms with E-state index in [0.717, 1.165) is 30.5 Å². The molecule has 2 N–H and O–H groups in total. The Labute approximate surface area is 141 Å². The van der Waals surface area contributed by atoms with Crippen molar-refractivity contribution in [1.82, 2.24) is 14.9 Å². The molecule has 0 saturated carbocycles. The molecule has 1 fully saturated rings. The minimum Gasteiger partial charge on any atom is -0.506 e. The van der Waals surface area contributed by atoms with Crippen molar-refractivity contribution in [3.05, 3.63) is 54.4 Å². The van der Waals surface area contributed by atoms with Crippen molar-refractivity contribution in [2.45, 2.75) is 19.4 Å². The number of nitrogens with one attached hydrogen (secondary N) is 1. The zero-order chi connectivity index (χ0) is 16.4. The van der Waals surface area contributed by atoms with Crippen molar-refractivity contribution in [1.29, 1.82) is 0 Å². The monoisotopic (exact) mass is 320 g/mol. The largest absolute Gasteiger partial charge is 0.506 e. The minimum absolute atomic E-state index is 0.225. The van der Waals surface area contributed by atoms with Crippen LogP contribution >= 0.6 is 0 Å². The topological polar surface area (TPSA) is 61.3 Å². The van der Waals surface area contributed by atoms with E-state index in [-0.39, 0.29) is 5.75 Å². The molecule has 0 atom stereocenters. The first-order chi connectivity index (χ1) is 11.8. The number of rotatable bonds is 4. The molecule has 5 heteroatoms. The van der Waals surface area contributed by atoms with Gasteiger partial charge in [0.05, 0.1) is 11.2 Å². The molecule has 0 bridgehead atoms. The number of likely N-dealkylation sites (tertiary alicyclic amines) is 1. The van der Waals surface area contributed by atoms with E-state index >= 15 is 0 Å². The molecule has 5 nitrogen and oxygen atoms in total. The second kappa shape index (κ2) is 6.45. The minimum atomic E-state index is 0.225.